The number of quaternary nitrogens is 1. The monoisotopic (exact) mass is 663 g/mol. The van der Waals surface area contributed by atoms with Crippen LogP contribution < -0.4 is 4.90 Å². The summed E-state index contributed by atoms with van der Waals surface area (Å²) in [7, 11) is 7.86. The van der Waals surface area contributed by atoms with E-state index in [1.807, 2.05) is 86.8 Å². The minimum Gasteiger partial charge on any atom is -0.462 e. The summed E-state index contributed by atoms with van der Waals surface area (Å²) in [5.74, 6) is -0.000893. The van der Waals surface area contributed by atoms with Crippen LogP contribution >= 0.6 is 21.6 Å². The van der Waals surface area contributed by atoms with Gasteiger partial charge in [0.1, 0.15) is 26.4 Å². The van der Waals surface area contributed by atoms with Gasteiger partial charge in [-0.05, 0) is 84.6 Å². The Balaban J connectivity index is 2.04. The summed E-state index contributed by atoms with van der Waals surface area (Å²) < 4.78 is 16.7. The van der Waals surface area contributed by atoms with E-state index in [9.17, 15) is 19.6 Å². The molecule has 1 saturated heterocycles. The van der Waals surface area contributed by atoms with Gasteiger partial charge in [-0.3, -0.25) is 14.4 Å². The fraction of sp³-hybridized carbons (Fsp3) is 0.714. The molecule has 0 spiro atoms. The Labute approximate surface area is 279 Å². The van der Waals surface area contributed by atoms with Crippen molar-refractivity contribution in [2.24, 2.45) is 16.2 Å². The van der Waals surface area contributed by atoms with Crippen LogP contribution in [0.1, 0.15) is 97.5 Å². The maximum absolute atomic E-state index is 13.8. The molecule has 0 bridgehead atoms. The first-order chi connectivity index (χ1) is 21.2. The van der Waals surface area contributed by atoms with Gasteiger partial charge >= 0.3 is 17.9 Å². The molecule has 45 heavy (non-hydrogen) atoms. The molecule has 0 saturated carbocycles. The number of nitriles is 1. The van der Waals surface area contributed by atoms with Crippen LogP contribution in [0.2, 0.25) is 0 Å². The molecule has 1 aromatic rings. The van der Waals surface area contributed by atoms with Crippen molar-refractivity contribution in [1.29, 1.82) is 5.26 Å². The maximum Gasteiger partial charge on any atom is 0.312 e. The van der Waals surface area contributed by atoms with Gasteiger partial charge < -0.3 is 19.1 Å². The van der Waals surface area contributed by atoms with E-state index in [0.717, 1.165) is 29.7 Å². The zero-order valence-corrected chi connectivity index (χ0v) is 30.1. The number of rotatable bonds is 20. The van der Waals surface area contributed by atoms with Gasteiger partial charge in [-0.1, -0.05) is 58.3 Å². The average Bonchev–Trinajstić information content (AvgIpc) is 3.50. The lowest BCUT2D eigenvalue weighted by molar-refractivity contribution is -0.858. The van der Waals surface area contributed by atoms with Gasteiger partial charge in [0.2, 0.25) is 0 Å². The summed E-state index contributed by atoms with van der Waals surface area (Å²) in [6, 6.07) is 12.3. The van der Waals surface area contributed by atoms with Crippen molar-refractivity contribution in [3.63, 3.8) is 0 Å². The second-order valence-corrected chi connectivity index (χ2v) is 16.9. The Bertz CT molecular complexity index is 1110. The maximum atomic E-state index is 13.8. The van der Waals surface area contributed by atoms with Crippen LogP contribution in [-0.4, -0.2) is 69.4 Å². The summed E-state index contributed by atoms with van der Waals surface area (Å²) >= 11 is 0. The SMILES string of the molecule is C[NH+](C)CCOC(=O)C(C)(CC(CC(C)(C)C#N)c1ccccc1)CC(C)(C)C(=O)OCCOC(=O)CCCCC1CCSS1. The summed E-state index contributed by atoms with van der Waals surface area (Å²) in [5, 5.41) is 10.5. The number of hydrogen-bond donors (Lipinski definition) is 1. The molecule has 1 N–H and O–H groups in total. The number of carbonyl (C=O) groups is 3. The summed E-state index contributed by atoms with van der Waals surface area (Å²) in [4.78, 5) is 40.4. The van der Waals surface area contributed by atoms with Crippen LogP contribution in [0.3, 0.4) is 0 Å². The molecule has 1 fully saturated rings. The second kappa shape index (κ2) is 18.8. The van der Waals surface area contributed by atoms with Crippen LogP contribution in [0.25, 0.3) is 0 Å². The van der Waals surface area contributed by atoms with Crippen molar-refractivity contribution in [2.75, 3.05) is 46.2 Å². The third kappa shape index (κ3) is 14.4. The van der Waals surface area contributed by atoms with Crippen LogP contribution in [0, 0.1) is 27.6 Å². The Hall–Kier alpha value is -2.22. The molecule has 0 aliphatic carbocycles. The van der Waals surface area contributed by atoms with E-state index in [-0.39, 0.29) is 44.1 Å². The molecular formula is C35H55N2O6S2+. The third-order valence-corrected chi connectivity index (χ3v) is 11.2. The van der Waals surface area contributed by atoms with E-state index in [1.165, 1.54) is 12.2 Å². The lowest BCUT2D eigenvalue weighted by Crippen LogP contribution is -3.06. The Morgan fingerprint density at radius 1 is 0.956 bits per heavy atom. The van der Waals surface area contributed by atoms with E-state index in [0.29, 0.717) is 31.1 Å². The number of ether oxygens (including phenoxy) is 3. The average molecular weight is 664 g/mol. The second-order valence-electron chi connectivity index (χ2n) is 14.2. The molecule has 1 aliphatic rings. The van der Waals surface area contributed by atoms with Gasteiger partial charge in [0.25, 0.3) is 0 Å². The first-order valence-corrected chi connectivity index (χ1v) is 18.6. The van der Waals surface area contributed by atoms with Crippen LogP contribution in [0.15, 0.2) is 30.3 Å². The predicted molar refractivity (Wildman–Crippen MR) is 182 cm³/mol. The molecule has 0 radical (unpaired) electrons. The van der Waals surface area contributed by atoms with E-state index in [4.69, 9.17) is 14.2 Å². The van der Waals surface area contributed by atoms with Gasteiger partial charge in [-0.2, -0.15) is 5.26 Å². The highest BCUT2D eigenvalue weighted by molar-refractivity contribution is 8.77. The summed E-state index contributed by atoms with van der Waals surface area (Å²) in [5.41, 5.74) is -1.62. The van der Waals surface area contributed by atoms with Crippen molar-refractivity contribution in [3.05, 3.63) is 35.9 Å². The zero-order valence-electron chi connectivity index (χ0n) is 28.4. The lowest BCUT2D eigenvalue weighted by Gasteiger charge is -2.38. The molecule has 8 nitrogen and oxygen atoms in total. The molecule has 3 atom stereocenters. The van der Waals surface area contributed by atoms with Gasteiger partial charge in [0.15, 0.2) is 0 Å². The van der Waals surface area contributed by atoms with Crippen LogP contribution in [-0.2, 0) is 28.6 Å². The highest BCUT2D eigenvalue weighted by atomic mass is 33.1. The largest absolute Gasteiger partial charge is 0.462 e. The Kier molecular flexibility index (Phi) is 16.3. The number of nitrogens with zero attached hydrogens (tertiary/aromatic N) is 1. The van der Waals surface area contributed by atoms with Crippen molar-refractivity contribution >= 4 is 39.5 Å². The van der Waals surface area contributed by atoms with Gasteiger partial charge in [0.05, 0.1) is 36.4 Å². The minimum atomic E-state index is -1.03. The van der Waals surface area contributed by atoms with Gasteiger partial charge in [-0.25, -0.2) is 0 Å². The molecule has 1 heterocycles. The number of hydrogen-bond acceptors (Lipinski definition) is 9. The van der Waals surface area contributed by atoms with Crippen molar-refractivity contribution in [1.82, 2.24) is 0 Å². The van der Waals surface area contributed by atoms with E-state index < -0.39 is 22.2 Å². The molecule has 0 amide bonds. The highest BCUT2D eigenvalue weighted by Gasteiger charge is 2.46. The lowest BCUT2D eigenvalue weighted by atomic mass is 9.66. The number of carbonyl (C=O) groups excluding carboxylic acids is 3. The molecule has 10 heteroatoms. The normalized spacial score (nSPS) is 17.3. The Morgan fingerprint density at radius 3 is 2.24 bits per heavy atom. The molecule has 0 aromatic heterocycles. The standard InChI is InChI=1S/C35H54N2O6S2/c1-33(2,26-36)23-28(27-13-9-8-10-14-27)24-35(5,32(40)42-19-18-37(6)7)25-34(3,4)31(39)43-21-20-41-30(38)16-12-11-15-29-17-22-44-45-29/h8-10,13-14,28-29H,11-12,15-25H2,1-7H3/p+1. The number of unbranched alkanes of at least 4 members (excludes halogenated alkanes) is 1. The molecule has 2 rings (SSSR count). The van der Waals surface area contributed by atoms with Crippen molar-refractivity contribution < 1.29 is 33.5 Å². The first kappa shape index (κ1) is 39.0. The number of benzene rings is 1. The fourth-order valence-corrected chi connectivity index (χ4v) is 8.83. The Morgan fingerprint density at radius 2 is 1.62 bits per heavy atom. The summed E-state index contributed by atoms with van der Waals surface area (Å²) in [6.07, 6.45) is 5.69. The molecule has 3 unspecified atom stereocenters. The van der Waals surface area contributed by atoms with Crippen LogP contribution in [0.5, 0.6) is 0 Å². The van der Waals surface area contributed by atoms with E-state index >= 15 is 0 Å². The topological polar surface area (TPSA) is 107 Å². The molecule has 252 valence electrons. The quantitative estimate of drug-likeness (QED) is 0.0777. The number of likely N-dealkylation sites (N-methyl/N-ethyl adjacent to an activating group) is 1. The van der Waals surface area contributed by atoms with Crippen molar-refractivity contribution in [2.45, 2.75) is 97.2 Å². The van der Waals surface area contributed by atoms with Crippen LogP contribution in [0.4, 0.5) is 0 Å². The predicted octanol–water partition coefficient (Wildman–Crippen LogP) is 6.01. The molecule has 1 aromatic carbocycles. The number of esters is 3. The first-order valence-electron chi connectivity index (χ1n) is 16.2. The highest BCUT2D eigenvalue weighted by Crippen LogP contribution is 2.46. The summed E-state index contributed by atoms with van der Waals surface area (Å²) in [6.45, 7) is 10.1. The third-order valence-electron chi connectivity index (χ3n) is 8.20. The number of nitrogens with one attached hydrogen (secondary N) is 1. The van der Waals surface area contributed by atoms with E-state index in [1.54, 1.807) is 13.8 Å². The molecular weight excluding hydrogens is 609 g/mol. The van der Waals surface area contributed by atoms with Gasteiger partial charge in [-0.15, -0.1) is 0 Å². The minimum absolute atomic E-state index is 0.00126. The zero-order chi connectivity index (χ0) is 33.5. The van der Waals surface area contributed by atoms with Crippen molar-refractivity contribution in [3.8, 4) is 6.07 Å². The van der Waals surface area contributed by atoms with Gasteiger partial charge in [0, 0.05) is 17.4 Å². The molecule has 1 aliphatic heterocycles. The van der Waals surface area contributed by atoms with E-state index in [2.05, 4.69) is 6.07 Å². The smallest absolute Gasteiger partial charge is 0.312 e. The fourth-order valence-electron chi connectivity index (χ4n) is 5.80.